The average molecular weight is 399 g/mol. The number of hydrogen-bond donors (Lipinski definition) is 4. The molecule has 0 fully saturated rings. The molecule has 2 atom stereocenters. The van der Waals surface area contributed by atoms with Crippen molar-refractivity contribution < 1.29 is 9.59 Å². The number of nitrogens with zero attached hydrogens (tertiary/aromatic N) is 2. The van der Waals surface area contributed by atoms with Crippen LogP contribution in [0, 0.1) is 11.8 Å². The number of imidazole rings is 2. The summed E-state index contributed by atoms with van der Waals surface area (Å²) in [5, 5.41) is 5.68. The van der Waals surface area contributed by atoms with Crippen molar-refractivity contribution in [2.75, 3.05) is 10.6 Å². The van der Waals surface area contributed by atoms with Crippen molar-refractivity contribution in [3.63, 3.8) is 0 Å². The van der Waals surface area contributed by atoms with Gasteiger partial charge in [0.1, 0.15) is 0 Å². The number of H-pyrrole nitrogens is 2. The molecule has 0 aromatic carbocycles. The Labute approximate surface area is 171 Å². The Kier molecular flexibility index (Phi) is 5.91. The van der Waals surface area contributed by atoms with Crippen LogP contribution in [0.4, 0.5) is 11.9 Å². The van der Waals surface area contributed by atoms with E-state index in [0.29, 0.717) is 11.9 Å². The highest BCUT2D eigenvalue weighted by atomic mass is 16.2. The number of aromatic amines is 2. The van der Waals surface area contributed by atoms with Gasteiger partial charge in [-0.25, -0.2) is 9.97 Å². The summed E-state index contributed by atoms with van der Waals surface area (Å²) in [7, 11) is 0. The van der Waals surface area contributed by atoms with Gasteiger partial charge in [-0.1, -0.05) is 33.3 Å². The Morgan fingerprint density at radius 1 is 1.00 bits per heavy atom. The van der Waals surface area contributed by atoms with Crippen LogP contribution in [0.15, 0.2) is 11.6 Å². The largest absolute Gasteiger partial charge is 0.328 e. The van der Waals surface area contributed by atoms with E-state index in [1.807, 2.05) is 41.5 Å². The predicted octanol–water partition coefficient (Wildman–Crippen LogP) is 3.52. The second-order valence-corrected chi connectivity index (χ2v) is 8.35. The summed E-state index contributed by atoms with van der Waals surface area (Å²) in [6.07, 6.45) is 3.03. The lowest BCUT2D eigenvalue weighted by Gasteiger charge is -2.13. The van der Waals surface area contributed by atoms with E-state index in [2.05, 4.69) is 30.6 Å². The summed E-state index contributed by atoms with van der Waals surface area (Å²) < 4.78 is 0. The van der Waals surface area contributed by atoms with E-state index in [4.69, 9.17) is 0 Å². The molecule has 29 heavy (non-hydrogen) atoms. The number of carbonyl (C=O) groups excluding carboxylic acids is 2. The minimum Gasteiger partial charge on any atom is -0.328 e. The fourth-order valence-corrected chi connectivity index (χ4v) is 3.39. The number of hydrogen-bond acceptors (Lipinski definition) is 4. The van der Waals surface area contributed by atoms with E-state index < -0.39 is 0 Å². The standard InChI is InChI=1S/C21H30N6O2/c1-10(2)9-16(28)24-20-22-14-7-8-15-18(13(6)17(14)25-20)26-21(23-15)27-19(29)12(5)11(3)4/h9,11-13H,7-8H2,1-6H3,(H2,22,24,25,28)(H2,23,26,27,29)/t12-,13-/m0/s1. The summed E-state index contributed by atoms with van der Waals surface area (Å²) in [6.45, 7) is 11.7. The zero-order chi connectivity index (χ0) is 21.3. The van der Waals surface area contributed by atoms with Gasteiger partial charge in [-0.2, -0.15) is 0 Å². The lowest BCUT2D eigenvalue weighted by molar-refractivity contribution is -0.120. The van der Waals surface area contributed by atoms with Crippen LogP contribution in [-0.2, 0) is 22.4 Å². The van der Waals surface area contributed by atoms with Gasteiger partial charge in [0.25, 0.3) is 5.91 Å². The zero-order valence-corrected chi connectivity index (χ0v) is 17.9. The Morgan fingerprint density at radius 2 is 1.52 bits per heavy atom. The molecule has 0 saturated heterocycles. The number of carbonyl (C=O) groups is 2. The summed E-state index contributed by atoms with van der Waals surface area (Å²) in [5.74, 6) is 0.790. The van der Waals surface area contributed by atoms with Gasteiger partial charge >= 0.3 is 0 Å². The molecule has 1 aliphatic carbocycles. The predicted molar refractivity (Wildman–Crippen MR) is 113 cm³/mol. The number of aryl methyl sites for hydroxylation is 2. The highest BCUT2D eigenvalue weighted by Gasteiger charge is 2.28. The van der Waals surface area contributed by atoms with Gasteiger partial charge in [-0.3, -0.25) is 20.2 Å². The summed E-state index contributed by atoms with van der Waals surface area (Å²) in [4.78, 5) is 40.1. The molecule has 3 rings (SSSR count). The van der Waals surface area contributed by atoms with Gasteiger partial charge in [0, 0.05) is 29.3 Å². The van der Waals surface area contributed by atoms with Crippen LogP contribution in [0.1, 0.15) is 70.2 Å². The van der Waals surface area contributed by atoms with Gasteiger partial charge in [0.15, 0.2) is 0 Å². The molecule has 8 nitrogen and oxygen atoms in total. The highest BCUT2D eigenvalue weighted by Crippen LogP contribution is 2.33. The van der Waals surface area contributed by atoms with Crippen LogP contribution in [0.25, 0.3) is 0 Å². The molecule has 8 heteroatoms. The second-order valence-electron chi connectivity index (χ2n) is 8.35. The smallest absolute Gasteiger partial charge is 0.250 e. The van der Waals surface area contributed by atoms with Crippen LogP contribution in [0.3, 0.4) is 0 Å². The molecule has 156 valence electrons. The third-order valence-corrected chi connectivity index (χ3v) is 5.38. The van der Waals surface area contributed by atoms with Crippen molar-refractivity contribution in [1.82, 2.24) is 19.9 Å². The lowest BCUT2D eigenvalue weighted by atomic mass is 9.97. The number of fused-ring (bicyclic) bond motifs is 2. The zero-order valence-electron chi connectivity index (χ0n) is 17.9. The average Bonchev–Trinajstić information content (AvgIpc) is 3.18. The van der Waals surface area contributed by atoms with Crippen LogP contribution < -0.4 is 10.6 Å². The fraction of sp³-hybridized carbons (Fsp3) is 0.524. The molecule has 0 bridgehead atoms. The molecule has 4 N–H and O–H groups in total. The number of amides is 2. The summed E-state index contributed by atoms with van der Waals surface area (Å²) >= 11 is 0. The number of nitrogens with one attached hydrogen (secondary N) is 4. The number of aromatic nitrogens is 4. The van der Waals surface area contributed by atoms with E-state index >= 15 is 0 Å². The minimum atomic E-state index is -0.203. The van der Waals surface area contributed by atoms with E-state index in [9.17, 15) is 9.59 Å². The van der Waals surface area contributed by atoms with E-state index in [1.165, 1.54) is 6.08 Å². The minimum absolute atomic E-state index is 0.0405. The first-order valence-electron chi connectivity index (χ1n) is 10.1. The molecule has 2 aromatic heterocycles. The van der Waals surface area contributed by atoms with E-state index in [0.717, 1.165) is 41.2 Å². The van der Waals surface area contributed by atoms with Crippen LogP contribution >= 0.6 is 0 Å². The van der Waals surface area contributed by atoms with Gasteiger partial charge in [0.05, 0.1) is 11.4 Å². The molecule has 0 spiro atoms. The molecule has 0 aliphatic heterocycles. The SMILES string of the molecule is CC(C)=CC(=O)Nc1nc2c([nH]1)CCc1[nH]c(NC(=O)[C@@H](C)C(C)C)nc1[C@H]2C. The number of allylic oxidation sites excluding steroid dienone is 1. The molecule has 0 saturated carbocycles. The van der Waals surface area contributed by atoms with E-state index in [1.54, 1.807) is 0 Å². The van der Waals surface area contributed by atoms with E-state index in [-0.39, 0.29) is 29.6 Å². The maximum Gasteiger partial charge on any atom is 0.250 e. The van der Waals surface area contributed by atoms with Crippen molar-refractivity contribution in [3.8, 4) is 0 Å². The Balaban J connectivity index is 1.80. The fourth-order valence-electron chi connectivity index (χ4n) is 3.39. The van der Waals surface area contributed by atoms with Gasteiger partial charge < -0.3 is 9.97 Å². The maximum absolute atomic E-state index is 12.4. The first kappa shape index (κ1) is 20.8. The molecule has 0 unspecified atom stereocenters. The summed E-state index contributed by atoms with van der Waals surface area (Å²) in [5.41, 5.74) is 4.68. The van der Waals surface area contributed by atoms with Gasteiger partial charge in [0.2, 0.25) is 17.8 Å². The number of anilines is 2. The first-order valence-corrected chi connectivity index (χ1v) is 10.1. The van der Waals surface area contributed by atoms with Crippen molar-refractivity contribution in [2.45, 2.75) is 60.3 Å². The Bertz CT molecular complexity index is 949. The highest BCUT2D eigenvalue weighted by molar-refractivity contribution is 5.98. The maximum atomic E-state index is 12.4. The quantitative estimate of drug-likeness (QED) is 0.577. The van der Waals surface area contributed by atoms with Crippen LogP contribution in [0.2, 0.25) is 0 Å². The molecule has 0 radical (unpaired) electrons. The van der Waals surface area contributed by atoms with Crippen LogP contribution in [0.5, 0.6) is 0 Å². The first-order chi connectivity index (χ1) is 13.7. The Hall–Kier alpha value is -2.90. The molecule has 2 amide bonds. The lowest BCUT2D eigenvalue weighted by Crippen LogP contribution is -2.24. The van der Waals surface area contributed by atoms with Crippen molar-refractivity contribution in [1.29, 1.82) is 0 Å². The summed E-state index contributed by atoms with van der Waals surface area (Å²) in [6, 6.07) is 0. The molecular formula is C21H30N6O2. The molecule has 1 aliphatic rings. The van der Waals surface area contributed by atoms with Crippen molar-refractivity contribution in [3.05, 3.63) is 34.4 Å². The third kappa shape index (κ3) is 4.58. The van der Waals surface area contributed by atoms with Crippen molar-refractivity contribution >= 4 is 23.7 Å². The second kappa shape index (κ2) is 8.23. The van der Waals surface area contributed by atoms with Gasteiger partial charge in [-0.15, -0.1) is 0 Å². The van der Waals surface area contributed by atoms with Gasteiger partial charge in [-0.05, 0) is 32.6 Å². The molecular weight excluding hydrogens is 368 g/mol. The molecule has 2 aromatic rings. The Morgan fingerprint density at radius 3 is 2.00 bits per heavy atom. The monoisotopic (exact) mass is 398 g/mol. The van der Waals surface area contributed by atoms with Crippen molar-refractivity contribution in [2.24, 2.45) is 11.8 Å². The third-order valence-electron chi connectivity index (χ3n) is 5.38. The normalized spacial score (nSPS) is 16.4. The number of rotatable bonds is 5. The van der Waals surface area contributed by atoms with Crippen LogP contribution in [-0.4, -0.2) is 31.8 Å². The topological polar surface area (TPSA) is 116 Å². The molecule has 2 heterocycles.